The van der Waals surface area contributed by atoms with E-state index < -0.39 is 6.03 Å². The van der Waals surface area contributed by atoms with Crippen molar-refractivity contribution in [3.63, 3.8) is 0 Å². The minimum atomic E-state index is -0.600. The summed E-state index contributed by atoms with van der Waals surface area (Å²) in [6.07, 6.45) is 1.49. The summed E-state index contributed by atoms with van der Waals surface area (Å²) in [5, 5.41) is 1.19. The Hall–Kier alpha value is -0.940. The molecule has 0 unspecified atom stereocenters. The van der Waals surface area contributed by atoms with Gasteiger partial charge < -0.3 is 5.73 Å². The molecule has 0 saturated carbocycles. The minimum absolute atomic E-state index is 0.554. The molecule has 0 atom stereocenters. The molecule has 1 rings (SSSR count). The van der Waals surface area contributed by atoms with Gasteiger partial charge in [-0.2, -0.15) is 0 Å². The Kier molecular flexibility index (Phi) is 3.19. The molecule has 0 aliphatic rings. The second-order valence-electron chi connectivity index (χ2n) is 1.88. The number of aromatic nitrogens is 1. The van der Waals surface area contributed by atoms with Crippen molar-refractivity contribution in [2.24, 2.45) is 5.73 Å². The Labute approximate surface area is 78.6 Å². The van der Waals surface area contributed by atoms with E-state index >= 15 is 0 Å². The predicted octanol–water partition coefficient (Wildman–Crippen LogP) is 1.41. The molecule has 0 aromatic carbocycles. The van der Waals surface area contributed by atoms with Crippen molar-refractivity contribution < 1.29 is 4.79 Å². The maximum absolute atomic E-state index is 10.3. The fraction of sp³-hybridized carbons (Fsp3) is 0. The molecular weight excluding hydrogens is 198 g/mol. The first-order valence-electron chi connectivity index (χ1n) is 3.02. The molecule has 0 radical (unpaired) electrons. The first-order chi connectivity index (χ1) is 5.68. The van der Waals surface area contributed by atoms with E-state index in [1.165, 1.54) is 6.20 Å². The van der Waals surface area contributed by atoms with Gasteiger partial charge in [-0.15, -0.1) is 0 Å². The van der Waals surface area contributed by atoms with Gasteiger partial charge in [0.2, 0.25) is 0 Å². The number of urea groups is 1. The van der Waals surface area contributed by atoms with Crippen molar-refractivity contribution >= 4 is 29.6 Å². The van der Waals surface area contributed by atoms with Crippen LogP contribution < -0.4 is 10.5 Å². The molecule has 1 heterocycles. The van der Waals surface area contributed by atoms with Gasteiger partial charge in [0.1, 0.15) is 5.03 Å². The molecule has 0 fully saturated rings. The quantitative estimate of drug-likeness (QED) is 0.715. The number of pyridine rings is 1. The van der Waals surface area contributed by atoms with Gasteiger partial charge in [-0.1, -0.05) is 11.6 Å². The molecule has 6 heteroatoms. The van der Waals surface area contributed by atoms with E-state index in [9.17, 15) is 4.79 Å². The number of carbonyl (C=O) groups is 1. The minimum Gasteiger partial charge on any atom is -0.351 e. The number of amides is 2. The molecule has 1 aromatic heterocycles. The molecule has 64 valence electrons. The van der Waals surface area contributed by atoms with Crippen molar-refractivity contribution in [1.82, 2.24) is 9.71 Å². The first-order valence-corrected chi connectivity index (χ1v) is 4.22. The Morgan fingerprint density at radius 1 is 1.67 bits per heavy atom. The number of nitrogens with zero attached hydrogens (tertiary/aromatic N) is 1. The molecule has 0 spiro atoms. The Morgan fingerprint density at radius 3 is 2.92 bits per heavy atom. The second-order valence-corrected chi connectivity index (χ2v) is 3.15. The maximum Gasteiger partial charge on any atom is 0.322 e. The molecule has 2 amide bonds. The summed E-state index contributed by atoms with van der Waals surface area (Å²) in [6, 6.07) is 2.76. The average molecular weight is 204 g/mol. The summed E-state index contributed by atoms with van der Waals surface area (Å²) in [5.74, 6) is 0. The third kappa shape index (κ3) is 2.98. The fourth-order valence-corrected chi connectivity index (χ4v) is 1.08. The summed E-state index contributed by atoms with van der Waals surface area (Å²) < 4.78 is 2.33. The van der Waals surface area contributed by atoms with Gasteiger partial charge in [0.05, 0.1) is 5.02 Å². The first kappa shape index (κ1) is 9.15. The molecule has 0 aliphatic heterocycles. The highest BCUT2D eigenvalue weighted by Gasteiger charge is 1.96. The maximum atomic E-state index is 10.3. The molecule has 1 aromatic rings. The second kappa shape index (κ2) is 4.18. The molecule has 12 heavy (non-hydrogen) atoms. The standard InChI is InChI=1S/C6H6ClN3OS/c7-4-1-2-5(9-3-4)12-10-6(8)11/h1-3H,(H3,8,10,11). The number of rotatable bonds is 2. The van der Waals surface area contributed by atoms with E-state index in [2.05, 4.69) is 9.71 Å². The van der Waals surface area contributed by atoms with Crippen molar-refractivity contribution in [3.05, 3.63) is 23.4 Å². The van der Waals surface area contributed by atoms with Crippen LogP contribution in [-0.2, 0) is 0 Å². The molecule has 3 N–H and O–H groups in total. The summed E-state index contributed by atoms with van der Waals surface area (Å²) in [5.41, 5.74) is 4.85. The van der Waals surface area contributed by atoms with Crippen molar-refractivity contribution in [2.45, 2.75) is 5.03 Å². The number of nitrogens with one attached hydrogen (secondary N) is 1. The van der Waals surface area contributed by atoms with Crippen LogP contribution in [0.5, 0.6) is 0 Å². The van der Waals surface area contributed by atoms with Gasteiger partial charge in [0, 0.05) is 18.1 Å². The van der Waals surface area contributed by atoms with Crippen molar-refractivity contribution in [3.8, 4) is 0 Å². The third-order valence-corrected chi connectivity index (χ3v) is 1.93. The number of nitrogens with two attached hydrogens (primary N) is 1. The lowest BCUT2D eigenvalue weighted by Crippen LogP contribution is -2.22. The Balaban J connectivity index is 2.53. The van der Waals surface area contributed by atoms with Gasteiger partial charge in [-0.3, -0.25) is 4.72 Å². The van der Waals surface area contributed by atoms with Crippen LogP contribution in [0.3, 0.4) is 0 Å². The van der Waals surface area contributed by atoms with E-state index in [-0.39, 0.29) is 0 Å². The Bertz CT molecular complexity index is 277. The van der Waals surface area contributed by atoms with E-state index in [0.717, 1.165) is 11.9 Å². The lowest BCUT2D eigenvalue weighted by atomic mass is 10.5. The Morgan fingerprint density at radius 2 is 2.42 bits per heavy atom. The number of halogens is 1. The number of hydrogen-bond acceptors (Lipinski definition) is 3. The van der Waals surface area contributed by atoms with Gasteiger partial charge in [0.25, 0.3) is 0 Å². The molecule has 0 bridgehead atoms. The summed E-state index contributed by atoms with van der Waals surface area (Å²) in [7, 11) is 0. The molecule has 0 saturated heterocycles. The number of primary amides is 1. The average Bonchev–Trinajstić information content (AvgIpc) is 2.03. The highest BCUT2D eigenvalue weighted by Crippen LogP contribution is 2.13. The lowest BCUT2D eigenvalue weighted by molar-refractivity contribution is 0.254. The van der Waals surface area contributed by atoms with Crippen LogP contribution in [0.2, 0.25) is 5.02 Å². The zero-order chi connectivity index (χ0) is 8.97. The van der Waals surface area contributed by atoms with Crippen LogP contribution in [0.4, 0.5) is 4.79 Å². The van der Waals surface area contributed by atoms with Crippen LogP contribution in [0.1, 0.15) is 0 Å². The smallest absolute Gasteiger partial charge is 0.322 e. The van der Waals surface area contributed by atoms with E-state index in [0.29, 0.717) is 10.0 Å². The highest BCUT2D eigenvalue weighted by molar-refractivity contribution is 7.97. The zero-order valence-electron chi connectivity index (χ0n) is 5.95. The predicted molar refractivity (Wildman–Crippen MR) is 47.8 cm³/mol. The van der Waals surface area contributed by atoms with Gasteiger partial charge in [-0.05, 0) is 12.1 Å². The van der Waals surface area contributed by atoms with Crippen LogP contribution >= 0.6 is 23.5 Å². The number of carbonyl (C=O) groups excluding carboxylic acids is 1. The van der Waals surface area contributed by atoms with Gasteiger partial charge in [-0.25, -0.2) is 9.78 Å². The summed E-state index contributed by atoms with van der Waals surface area (Å²) in [6.45, 7) is 0. The van der Waals surface area contributed by atoms with Crippen molar-refractivity contribution in [2.75, 3.05) is 0 Å². The van der Waals surface area contributed by atoms with E-state index in [1.54, 1.807) is 12.1 Å². The van der Waals surface area contributed by atoms with Crippen LogP contribution in [-0.4, -0.2) is 11.0 Å². The molecule has 4 nitrogen and oxygen atoms in total. The summed E-state index contributed by atoms with van der Waals surface area (Å²) >= 11 is 6.63. The zero-order valence-corrected chi connectivity index (χ0v) is 7.52. The normalized spacial score (nSPS) is 9.42. The van der Waals surface area contributed by atoms with Gasteiger partial charge in [0.15, 0.2) is 0 Å². The SMILES string of the molecule is NC(=O)NSc1ccc(Cl)cn1. The van der Waals surface area contributed by atoms with Crippen LogP contribution in [0, 0.1) is 0 Å². The van der Waals surface area contributed by atoms with Gasteiger partial charge >= 0.3 is 6.03 Å². The third-order valence-electron chi connectivity index (χ3n) is 0.956. The van der Waals surface area contributed by atoms with E-state index in [1.807, 2.05) is 0 Å². The largest absolute Gasteiger partial charge is 0.351 e. The lowest BCUT2D eigenvalue weighted by Gasteiger charge is -1.98. The van der Waals surface area contributed by atoms with Crippen molar-refractivity contribution in [1.29, 1.82) is 0 Å². The van der Waals surface area contributed by atoms with Crippen LogP contribution in [0.25, 0.3) is 0 Å². The topological polar surface area (TPSA) is 68.0 Å². The summed E-state index contributed by atoms with van der Waals surface area (Å²) in [4.78, 5) is 14.2. The molecular formula is C6H6ClN3OS. The number of hydrogen-bond donors (Lipinski definition) is 2. The van der Waals surface area contributed by atoms with Crippen LogP contribution in [0.15, 0.2) is 23.4 Å². The fourth-order valence-electron chi connectivity index (χ4n) is 0.525. The monoisotopic (exact) mass is 203 g/mol. The van der Waals surface area contributed by atoms with E-state index in [4.69, 9.17) is 17.3 Å². The molecule has 0 aliphatic carbocycles. The highest BCUT2D eigenvalue weighted by atomic mass is 35.5.